The van der Waals surface area contributed by atoms with Crippen molar-refractivity contribution in [3.05, 3.63) is 47.2 Å². The molecular weight excluding hydrogens is 326 g/mol. The number of allylic oxidation sites excluding steroid dienone is 1. The van der Waals surface area contributed by atoms with Crippen LogP contribution >= 0.6 is 0 Å². The zero-order valence-electron chi connectivity index (χ0n) is 15.4. The third-order valence-electron chi connectivity index (χ3n) is 5.52. The number of benzene rings is 1. The first-order chi connectivity index (χ1) is 12.7. The number of nitrogens with zero attached hydrogens (tertiary/aromatic N) is 1. The molecule has 1 aromatic heterocycles. The quantitative estimate of drug-likeness (QED) is 0.761. The molecule has 4 nitrogen and oxygen atoms in total. The topological polar surface area (TPSA) is 31.6 Å². The number of aryl methyl sites for hydroxylation is 2. The lowest BCUT2D eigenvalue weighted by molar-refractivity contribution is -0.687. The number of hydrogen-bond donors (Lipinski definition) is 0. The highest BCUT2D eigenvalue weighted by atomic mass is 16.7. The largest absolute Gasteiger partial charge is 0.493 e. The Bertz CT molecular complexity index is 914. The van der Waals surface area contributed by atoms with E-state index in [1.807, 2.05) is 0 Å². The molecule has 0 spiro atoms. The van der Waals surface area contributed by atoms with Gasteiger partial charge in [-0.3, -0.25) is 0 Å². The highest BCUT2D eigenvalue weighted by Crippen LogP contribution is 2.40. The maximum atomic E-state index is 5.99. The normalized spacial score (nSPS) is 17.4. The predicted octanol–water partition coefficient (Wildman–Crippen LogP) is 4.20. The summed E-state index contributed by atoms with van der Waals surface area (Å²) in [6, 6.07) is 6.64. The van der Waals surface area contributed by atoms with Crippen LogP contribution in [-0.4, -0.2) is 13.4 Å². The molecule has 0 saturated heterocycles. The van der Waals surface area contributed by atoms with Crippen LogP contribution in [-0.2, 0) is 17.7 Å². The first-order valence-corrected chi connectivity index (χ1v) is 9.54. The molecule has 4 heterocycles. The number of rotatable bonds is 2. The van der Waals surface area contributed by atoms with Crippen LogP contribution in [0.1, 0.15) is 49.3 Å². The summed E-state index contributed by atoms with van der Waals surface area (Å²) in [5.74, 6) is 3.21. The summed E-state index contributed by atoms with van der Waals surface area (Å²) in [6.45, 7) is 6.61. The third kappa shape index (κ3) is 2.47. The summed E-state index contributed by atoms with van der Waals surface area (Å²) in [4.78, 5) is 0. The smallest absolute Gasteiger partial charge is 0.231 e. The van der Waals surface area contributed by atoms with Gasteiger partial charge in [-0.1, -0.05) is 13.8 Å². The molecule has 26 heavy (non-hydrogen) atoms. The fourth-order valence-electron chi connectivity index (χ4n) is 4.12. The lowest BCUT2D eigenvalue weighted by Gasteiger charge is -2.22. The Labute approximate surface area is 154 Å². The second kappa shape index (κ2) is 6.04. The van der Waals surface area contributed by atoms with E-state index in [0.717, 1.165) is 49.7 Å². The van der Waals surface area contributed by atoms with E-state index < -0.39 is 0 Å². The van der Waals surface area contributed by atoms with E-state index in [1.54, 1.807) is 0 Å². The van der Waals surface area contributed by atoms with Crippen LogP contribution in [0, 0.1) is 0 Å². The summed E-state index contributed by atoms with van der Waals surface area (Å²) in [5, 5.41) is 0. The van der Waals surface area contributed by atoms with Gasteiger partial charge in [-0.2, -0.15) is 4.57 Å². The second-order valence-corrected chi connectivity index (χ2v) is 7.55. The lowest BCUT2D eigenvalue weighted by Crippen LogP contribution is -2.41. The van der Waals surface area contributed by atoms with Crippen molar-refractivity contribution in [1.82, 2.24) is 0 Å². The average molecular weight is 350 g/mol. The number of fused-ring (bicyclic) bond motifs is 4. The van der Waals surface area contributed by atoms with Crippen LogP contribution in [0.25, 0.3) is 17.0 Å². The van der Waals surface area contributed by atoms with Crippen molar-refractivity contribution < 1.29 is 18.8 Å². The van der Waals surface area contributed by atoms with Crippen LogP contribution in [0.5, 0.6) is 11.5 Å². The first-order valence-electron chi connectivity index (χ1n) is 9.54. The Morgan fingerprint density at radius 3 is 2.62 bits per heavy atom. The molecule has 0 unspecified atom stereocenters. The Hall–Kier alpha value is -2.49. The van der Waals surface area contributed by atoms with Gasteiger partial charge in [0.05, 0.1) is 17.7 Å². The minimum atomic E-state index is 0.319. The van der Waals surface area contributed by atoms with E-state index in [4.69, 9.17) is 14.2 Å². The summed E-state index contributed by atoms with van der Waals surface area (Å²) < 4.78 is 19.5. The van der Waals surface area contributed by atoms with E-state index >= 15 is 0 Å². The van der Waals surface area contributed by atoms with Gasteiger partial charge >= 0.3 is 0 Å². The van der Waals surface area contributed by atoms with Crippen molar-refractivity contribution in [2.24, 2.45) is 0 Å². The highest BCUT2D eigenvalue weighted by molar-refractivity contribution is 5.71. The van der Waals surface area contributed by atoms with Crippen molar-refractivity contribution in [2.75, 3.05) is 13.4 Å². The molecule has 2 aromatic rings. The molecule has 0 N–H and O–H groups in total. The fourth-order valence-corrected chi connectivity index (χ4v) is 4.12. The predicted molar refractivity (Wildman–Crippen MR) is 99.2 cm³/mol. The van der Waals surface area contributed by atoms with Crippen LogP contribution < -0.4 is 14.0 Å². The zero-order chi connectivity index (χ0) is 17.7. The molecule has 134 valence electrons. The molecule has 3 aliphatic heterocycles. The third-order valence-corrected chi connectivity index (χ3v) is 5.52. The fraction of sp³-hybridized carbons (Fsp3) is 0.409. The molecule has 4 heteroatoms. The van der Waals surface area contributed by atoms with E-state index in [-0.39, 0.29) is 0 Å². The van der Waals surface area contributed by atoms with Crippen LogP contribution in [0.2, 0.25) is 0 Å². The highest BCUT2D eigenvalue weighted by Gasteiger charge is 2.30. The van der Waals surface area contributed by atoms with E-state index in [2.05, 4.69) is 48.9 Å². The second-order valence-electron chi connectivity index (χ2n) is 7.55. The summed E-state index contributed by atoms with van der Waals surface area (Å²) in [5.41, 5.74) is 6.44. The standard InChI is InChI=1S/C22H24NO3/c1-14(2)16-10-19-17-11-22-21(25-13-26-22)9-15(17)6-7-23(19)12-18(16)20-5-3-4-8-24-20/h5,9-12,14H,3-4,6-8,13H2,1-2H3/q+1. The Morgan fingerprint density at radius 2 is 1.85 bits per heavy atom. The average Bonchev–Trinajstić information content (AvgIpc) is 3.13. The van der Waals surface area contributed by atoms with Crippen molar-refractivity contribution >= 4 is 5.76 Å². The molecular formula is C22H24NO3+. The SMILES string of the molecule is CC(C)c1cc2[n+](cc1C1=CCCCO1)CCc1cc3c(cc1-2)OCO3. The summed E-state index contributed by atoms with van der Waals surface area (Å²) in [7, 11) is 0. The van der Waals surface area contributed by atoms with Crippen molar-refractivity contribution in [2.45, 2.75) is 45.6 Å². The minimum absolute atomic E-state index is 0.319. The first kappa shape index (κ1) is 15.7. The van der Waals surface area contributed by atoms with E-state index in [1.165, 1.54) is 27.9 Å². The molecule has 0 saturated carbocycles. The molecule has 3 aliphatic rings. The number of aromatic nitrogens is 1. The van der Waals surface area contributed by atoms with Crippen molar-refractivity contribution in [3.8, 4) is 22.8 Å². The molecule has 5 rings (SSSR count). The number of ether oxygens (including phenoxy) is 3. The van der Waals surface area contributed by atoms with Gasteiger partial charge in [0.1, 0.15) is 5.76 Å². The van der Waals surface area contributed by atoms with Gasteiger partial charge in [-0.15, -0.1) is 0 Å². The van der Waals surface area contributed by atoms with E-state index in [0.29, 0.717) is 12.7 Å². The zero-order valence-corrected chi connectivity index (χ0v) is 15.4. The number of hydrogen-bond acceptors (Lipinski definition) is 3. The minimum Gasteiger partial charge on any atom is -0.493 e. The van der Waals surface area contributed by atoms with Gasteiger partial charge in [-0.05, 0) is 48.1 Å². The molecule has 0 radical (unpaired) electrons. The Morgan fingerprint density at radius 1 is 1.00 bits per heavy atom. The Kier molecular flexibility index (Phi) is 3.66. The van der Waals surface area contributed by atoms with Gasteiger partial charge in [0, 0.05) is 12.5 Å². The summed E-state index contributed by atoms with van der Waals surface area (Å²) >= 11 is 0. The van der Waals surface area contributed by atoms with Gasteiger partial charge in [0.15, 0.2) is 24.2 Å². The maximum absolute atomic E-state index is 5.99. The lowest BCUT2D eigenvalue weighted by atomic mass is 9.90. The molecule has 0 atom stereocenters. The Balaban J connectivity index is 1.68. The van der Waals surface area contributed by atoms with Crippen LogP contribution in [0.4, 0.5) is 0 Å². The van der Waals surface area contributed by atoms with Gasteiger partial charge in [-0.25, -0.2) is 0 Å². The van der Waals surface area contributed by atoms with Gasteiger partial charge in [0.25, 0.3) is 0 Å². The monoisotopic (exact) mass is 350 g/mol. The summed E-state index contributed by atoms with van der Waals surface area (Å²) in [6.07, 6.45) is 7.74. The van der Waals surface area contributed by atoms with Crippen molar-refractivity contribution in [1.29, 1.82) is 0 Å². The molecule has 0 bridgehead atoms. The van der Waals surface area contributed by atoms with Crippen LogP contribution in [0.15, 0.2) is 30.5 Å². The molecule has 0 fully saturated rings. The maximum Gasteiger partial charge on any atom is 0.231 e. The van der Waals surface area contributed by atoms with Crippen LogP contribution in [0.3, 0.4) is 0 Å². The van der Waals surface area contributed by atoms with Gasteiger partial charge in [0.2, 0.25) is 12.5 Å². The van der Waals surface area contributed by atoms with E-state index in [9.17, 15) is 0 Å². The molecule has 0 aliphatic carbocycles. The van der Waals surface area contributed by atoms with Gasteiger partial charge < -0.3 is 14.2 Å². The number of pyridine rings is 1. The van der Waals surface area contributed by atoms with Crippen molar-refractivity contribution in [3.63, 3.8) is 0 Å². The molecule has 1 aromatic carbocycles. The molecule has 0 amide bonds.